The lowest BCUT2D eigenvalue weighted by Gasteiger charge is -2.12. The molecule has 2 rings (SSSR count). The van der Waals surface area contributed by atoms with Crippen LogP contribution in [-0.2, 0) is 0 Å². The van der Waals surface area contributed by atoms with Crippen molar-refractivity contribution < 1.29 is 4.42 Å². The van der Waals surface area contributed by atoms with Crippen molar-refractivity contribution in [3.63, 3.8) is 0 Å². The van der Waals surface area contributed by atoms with Crippen LogP contribution in [0.25, 0.3) is 0 Å². The molecule has 5 nitrogen and oxygen atoms in total. The third-order valence-corrected chi connectivity index (χ3v) is 1.68. The van der Waals surface area contributed by atoms with Crippen LogP contribution in [-0.4, -0.2) is 18.1 Å². The Bertz CT molecular complexity index is 316. The van der Waals surface area contributed by atoms with Gasteiger partial charge in [-0.2, -0.15) is 4.98 Å². The highest BCUT2D eigenvalue weighted by Crippen LogP contribution is 2.08. The fraction of sp³-hybridized carbons (Fsp3) is 0.429. The Labute approximate surface area is 69.0 Å². The lowest BCUT2D eigenvalue weighted by molar-refractivity contribution is 0.500. The van der Waals surface area contributed by atoms with E-state index >= 15 is 0 Å². The molecule has 12 heavy (non-hydrogen) atoms. The van der Waals surface area contributed by atoms with Gasteiger partial charge in [-0.15, -0.1) is 0 Å². The minimum atomic E-state index is -0.273. The van der Waals surface area contributed by atoms with Gasteiger partial charge in [0.05, 0.1) is 0 Å². The number of anilines is 1. The lowest BCUT2D eigenvalue weighted by Crippen LogP contribution is -2.32. The lowest BCUT2D eigenvalue weighted by atomic mass is 10.5. The van der Waals surface area contributed by atoms with E-state index in [0.717, 1.165) is 19.5 Å². The van der Waals surface area contributed by atoms with Gasteiger partial charge in [-0.3, -0.25) is 9.80 Å². The summed E-state index contributed by atoms with van der Waals surface area (Å²) in [6, 6.07) is 1.64. The highest BCUT2D eigenvalue weighted by atomic mass is 16.4. The SMILES string of the molecule is O=c1ccoc(N2CCCN2)n1. The molecule has 5 heteroatoms. The minimum absolute atomic E-state index is 0.273. The fourth-order valence-corrected chi connectivity index (χ4v) is 1.13. The summed E-state index contributed by atoms with van der Waals surface area (Å²) >= 11 is 0. The molecule has 2 heterocycles. The highest BCUT2D eigenvalue weighted by molar-refractivity contribution is 5.22. The zero-order valence-electron chi connectivity index (χ0n) is 6.49. The number of hydrogen-bond acceptors (Lipinski definition) is 5. The number of nitrogens with zero attached hydrogens (tertiary/aromatic N) is 2. The Morgan fingerprint density at radius 2 is 2.58 bits per heavy atom. The molecule has 1 aromatic rings. The molecular formula is C7H9N3O2. The number of nitrogens with one attached hydrogen (secondary N) is 1. The topological polar surface area (TPSA) is 58.4 Å². The Balaban J connectivity index is 2.27. The predicted octanol–water partition coefficient (Wildman–Crippen LogP) is -0.251. The van der Waals surface area contributed by atoms with Crippen molar-refractivity contribution in [1.82, 2.24) is 10.4 Å². The molecule has 64 valence electrons. The fourth-order valence-electron chi connectivity index (χ4n) is 1.13. The molecule has 0 saturated carbocycles. The van der Waals surface area contributed by atoms with E-state index in [1.807, 2.05) is 0 Å². The first-order valence-corrected chi connectivity index (χ1v) is 3.83. The third kappa shape index (κ3) is 1.31. The first kappa shape index (κ1) is 7.30. The van der Waals surface area contributed by atoms with Crippen LogP contribution in [0.4, 0.5) is 6.01 Å². The molecule has 1 fully saturated rings. The van der Waals surface area contributed by atoms with Crippen molar-refractivity contribution in [2.75, 3.05) is 18.1 Å². The Hall–Kier alpha value is -1.36. The van der Waals surface area contributed by atoms with Gasteiger partial charge >= 0.3 is 6.01 Å². The molecule has 0 spiro atoms. The third-order valence-electron chi connectivity index (χ3n) is 1.68. The molecule has 0 aliphatic carbocycles. The van der Waals surface area contributed by atoms with Gasteiger partial charge in [0.25, 0.3) is 5.56 Å². The zero-order chi connectivity index (χ0) is 8.39. The van der Waals surface area contributed by atoms with Crippen molar-refractivity contribution in [2.24, 2.45) is 0 Å². The van der Waals surface area contributed by atoms with Crippen LogP contribution in [0.5, 0.6) is 0 Å². The summed E-state index contributed by atoms with van der Waals surface area (Å²) in [6.45, 7) is 1.74. The molecule has 0 radical (unpaired) electrons. The van der Waals surface area contributed by atoms with E-state index in [-0.39, 0.29) is 5.56 Å². The van der Waals surface area contributed by atoms with Crippen molar-refractivity contribution in [2.45, 2.75) is 6.42 Å². The van der Waals surface area contributed by atoms with Crippen molar-refractivity contribution >= 4 is 6.01 Å². The predicted molar refractivity (Wildman–Crippen MR) is 42.7 cm³/mol. The molecule has 0 bridgehead atoms. The molecule has 0 amide bonds. The summed E-state index contributed by atoms with van der Waals surface area (Å²) in [5.41, 5.74) is 2.77. The largest absolute Gasteiger partial charge is 0.432 e. The summed E-state index contributed by atoms with van der Waals surface area (Å²) in [5, 5.41) is 1.74. The second-order valence-electron chi connectivity index (χ2n) is 2.57. The van der Waals surface area contributed by atoms with Gasteiger partial charge in [0.1, 0.15) is 6.26 Å². The van der Waals surface area contributed by atoms with E-state index in [4.69, 9.17) is 4.42 Å². The maximum atomic E-state index is 10.8. The Morgan fingerprint density at radius 3 is 3.25 bits per heavy atom. The molecule has 1 aliphatic heterocycles. The highest BCUT2D eigenvalue weighted by Gasteiger charge is 2.14. The second kappa shape index (κ2) is 2.94. The molecular weight excluding hydrogens is 158 g/mol. The smallest absolute Gasteiger partial charge is 0.315 e. The number of aromatic nitrogens is 1. The maximum absolute atomic E-state index is 10.8. The monoisotopic (exact) mass is 167 g/mol. The van der Waals surface area contributed by atoms with Crippen LogP contribution >= 0.6 is 0 Å². The van der Waals surface area contributed by atoms with Gasteiger partial charge in [-0.05, 0) is 6.42 Å². The van der Waals surface area contributed by atoms with E-state index in [9.17, 15) is 4.79 Å². The number of hydrazine groups is 1. The van der Waals surface area contributed by atoms with E-state index in [2.05, 4.69) is 10.4 Å². The van der Waals surface area contributed by atoms with Crippen molar-refractivity contribution in [3.05, 3.63) is 22.7 Å². The Kier molecular flexibility index (Phi) is 1.79. The quantitative estimate of drug-likeness (QED) is 0.625. The normalized spacial score (nSPS) is 16.8. The summed E-state index contributed by atoms with van der Waals surface area (Å²) in [6.07, 6.45) is 2.39. The van der Waals surface area contributed by atoms with E-state index in [1.54, 1.807) is 5.01 Å². The van der Waals surface area contributed by atoms with Gasteiger partial charge in [-0.1, -0.05) is 0 Å². The van der Waals surface area contributed by atoms with Gasteiger partial charge in [0.15, 0.2) is 0 Å². The second-order valence-corrected chi connectivity index (χ2v) is 2.57. The van der Waals surface area contributed by atoms with Gasteiger partial charge in [-0.25, -0.2) is 5.43 Å². The minimum Gasteiger partial charge on any atom is -0.432 e. The zero-order valence-corrected chi connectivity index (χ0v) is 6.49. The van der Waals surface area contributed by atoms with E-state index in [0.29, 0.717) is 6.01 Å². The van der Waals surface area contributed by atoms with Crippen LogP contribution in [0.2, 0.25) is 0 Å². The first-order chi connectivity index (χ1) is 5.86. The van der Waals surface area contributed by atoms with Crippen LogP contribution in [0, 0.1) is 0 Å². The molecule has 1 aromatic heterocycles. The summed E-state index contributed by atoms with van der Waals surface area (Å²) in [7, 11) is 0. The average molecular weight is 167 g/mol. The van der Waals surface area contributed by atoms with Gasteiger partial charge in [0.2, 0.25) is 0 Å². The van der Waals surface area contributed by atoms with Gasteiger partial charge < -0.3 is 4.42 Å². The van der Waals surface area contributed by atoms with Crippen molar-refractivity contribution in [1.29, 1.82) is 0 Å². The molecule has 0 aromatic carbocycles. The number of rotatable bonds is 1. The van der Waals surface area contributed by atoms with Crippen LogP contribution < -0.4 is 16.0 Å². The molecule has 1 aliphatic rings. The number of hydrogen-bond donors (Lipinski definition) is 1. The molecule has 1 N–H and O–H groups in total. The maximum Gasteiger partial charge on any atom is 0.315 e. The van der Waals surface area contributed by atoms with Gasteiger partial charge in [0, 0.05) is 19.2 Å². The van der Waals surface area contributed by atoms with E-state index in [1.165, 1.54) is 12.3 Å². The van der Waals surface area contributed by atoms with Crippen LogP contribution in [0.3, 0.4) is 0 Å². The van der Waals surface area contributed by atoms with Crippen LogP contribution in [0.15, 0.2) is 21.5 Å². The van der Waals surface area contributed by atoms with E-state index < -0.39 is 0 Å². The molecule has 0 unspecified atom stereocenters. The summed E-state index contributed by atoms with van der Waals surface area (Å²) in [5.74, 6) is 0. The first-order valence-electron chi connectivity index (χ1n) is 3.83. The van der Waals surface area contributed by atoms with Crippen molar-refractivity contribution in [3.8, 4) is 0 Å². The standard InChI is InChI=1S/C7H9N3O2/c11-6-2-5-12-7(9-6)10-4-1-3-8-10/h2,5,8H,1,3-4H2. The Morgan fingerprint density at radius 1 is 1.67 bits per heavy atom. The summed E-state index contributed by atoms with van der Waals surface area (Å²) < 4.78 is 5.04. The molecule has 0 atom stereocenters. The summed E-state index contributed by atoms with van der Waals surface area (Å²) in [4.78, 5) is 14.5. The van der Waals surface area contributed by atoms with Crippen LogP contribution in [0.1, 0.15) is 6.42 Å². The average Bonchev–Trinajstić information content (AvgIpc) is 2.56. The molecule has 1 saturated heterocycles.